The van der Waals surface area contributed by atoms with Crippen molar-refractivity contribution in [1.29, 1.82) is 0 Å². The van der Waals surface area contributed by atoms with E-state index in [1.54, 1.807) is 54.3 Å². The van der Waals surface area contributed by atoms with Crippen molar-refractivity contribution in [2.45, 2.75) is 19.3 Å². The van der Waals surface area contributed by atoms with Gasteiger partial charge in [-0.2, -0.15) is 14.6 Å². The van der Waals surface area contributed by atoms with Crippen LogP contribution in [0.2, 0.25) is 0 Å². The molecule has 1 aromatic carbocycles. The van der Waals surface area contributed by atoms with Gasteiger partial charge in [0.2, 0.25) is 17.7 Å². The third kappa shape index (κ3) is 7.02. The zero-order valence-electron chi connectivity index (χ0n) is 22.5. The van der Waals surface area contributed by atoms with Crippen LogP contribution in [0.4, 0.5) is 16.4 Å². The van der Waals surface area contributed by atoms with E-state index in [1.807, 2.05) is 0 Å². The highest BCUT2D eigenvalue weighted by Gasteiger charge is 2.19. The molecule has 5 rings (SSSR count). The first-order valence-corrected chi connectivity index (χ1v) is 13.1. The standard InChI is InChI=1S/C26H30N10O5/c1-35-16-19-22(33-35)31-25(36-24(19)30-23(34-36)20-5-4-12-39-20)32-26(38)29-18-8-6-17(7-9-18)15-21(37)28-11-14-41-40-13-3-2-10-27/h4-9,12,16H,2-3,10-11,13-15,27H2,1H3,(H,28,37)(H2,29,31,32,33,38)/p+1. The van der Waals surface area contributed by atoms with Gasteiger partial charge in [0.15, 0.2) is 17.1 Å². The molecular formula is C26H31N10O5+. The van der Waals surface area contributed by atoms with Crippen LogP contribution in [0.5, 0.6) is 0 Å². The Morgan fingerprint density at radius 3 is 2.63 bits per heavy atom. The molecule has 0 radical (unpaired) electrons. The van der Waals surface area contributed by atoms with Gasteiger partial charge in [0, 0.05) is 25.5 Å². The molecule has 0 atom stereocenters. The normalized spacial score (nSPS) is 11.3. The molecule has 15 heteroatoms. The Morgan fingerprint density at radius 1 is 1.02 bits per heavy atom. The Bertz CT molecular complexity index is 1610. The van der Waals surface area contributed by atoms with Crippen molar-refractivity contribution in [3.05, 3.63) is 54.4 Å². The fraction of sp³-hybridized carbons (Fsp3) is 0.308. The lowest BCUT2D eigenvalue weighted by molar-refractivity contribution is -0.370. The van der Waals surface area contributed by atoms with Gasteiger partial charge >= 0.3 is 6.03 Å². The molecule has 6 N–H and O–H groups in total. The van der Waals surface area contributed by atoms with Crippen LogP contribution in [0.25, 0.3) is 28.3 Å². The largest absolute Gasteiger partial charge is 0.461 e. The second-order valence-electron chi connectivity index (χ2n) is 9.13. The molecule has 5 aromatic rings. The Morgan fingerprint density at radius 2 is 1.85 bits per heavy atom. The summed E-state index contributed by atoms with van der Waals surface area (Å²) >= 11 is 0. The van der Waals surface area contributed by atoms with Crippen molar-refractivity contribution < 1.29 is 29.5 Å². The minimum atomic E-state index is -0.539. The molecule has 0 fully saturated rings. The van der Waals surface area contributed by atoms with E-state index >= 15 is 0 Å². The highest BCUT2D eigenvalue weighted by molar-refractivity contribution is 6.00. The average molecular weight is 564 g/mol. The van der Waals surface area contributed by atoms with E-state index in [1.165, 1.54) is 10.8 Å². The maximum Gasteiger partial charge on any atom is 0.326 e. The minimum absolute atomic E-state index is 0.134. The number of anilines is 2. The summed E-state index contributed by atoms with van der Waals surface area (Å²) in [6, 6.07) is 9.89. The number of unbranched alkanes of at least 4 members (excludes halogenated alkanes) is 1. The summed E-state index contributed by atoms with van der Waals surface area (Å²) in [5.41, 5.74) is 5.96. The Labute approximate surface area is 233 Å². The molecular weight excluding hydrogens is 532 g/mol. The molecule has 0 spiro atoms. The van der Waals surface area contributed by atoms with Gasteiger partial charge in [-0.3, -0.25) is 14.8 Å². The summed E-state index contributed by atoms with van der Waals surface area (Å²) in [6.07, 6.45) is 5.37. The predicted octanol–water partition coefficient (Wildman–Crippen LogP) is 1.54. The quantitative estimate of drug-likeness (QED) is 0.0935. The van der Waals surface area contributed by atoms with Gasteiger partial charge < -0.3 is 20.8 Å². The molecule has 214 valence electrons. The van der Waals surface area contributed by atoms with E-state index in [-0.39, 0.29) is 24.9 Å². The van der Waals surface area contributed by atoms with Crippen molar-refractivity contribution in [3.63, 3.8) is 0 Å². The van der Waals surface area contributed by atoms with E-state index in [0.29, 0.717) is 47.1 Å². The number of aryl methyl sites for hydroxylation is 1. The Kier molecular flexibility index (Phi) is 8.78. The smallest absolute Gasteiger partial charge is 0.326 e. The van der Waals surface area contributed by atoms with Crippen LogP contribution in [-0.4, -0.2) is 67.6 Å². The first-order valence-electron chi connectivity index (χ1n) is 13.1. The number of urea groups is 1. The number of furan rings is 1. The number of amides is 3. The lowest BCUT2D eigenvalue weighted by Crippen LogP contribution is -2.50. The van der Waals surface area contributed by atoms with Crippen LogP contribution in [0.15, 0.2) is 53.3 Å². The number of carbonyl (C=O) groups excluding carboxylic acids is 2. The lowest BCUT2D eigenvalue weighted by atomic mass is 10.1. The topological polar surface area (TPSA) is 190 Å². The van der Waals surface area contributed by atoms with Gasteiger partial charge in [-0.05, 0) is 42.7 Å². The van der Waals surface area contributed by atoms with Crippen LogP contribution >= 0.6 is 0 Å². The molecule has 15 nitrogen and oxygen atoms in total. The second-order valence-corrected chi connectivity index (χ2v) is 9.13. The molecule has 0 aliphatic heterocycles. The number of aromatic nitrogens is 6. The number of rotatable bonds is 13. The van der Waals surface area contributed by atoms with Crippen molar-refractivity contribution in [1.82, 2.24) is 34.7 Å². The van der Waals surface area contributed by atoms with E-state index in [9.17, 15) is 9.59 Å². The monoisotopic (exact) mass is 563 g/mol. The van der Waals surface area contributed by atoms with Gasteiger partial charge in [-0.1, -0.05) is 12.1 Å². The summed E-state index contributed by atoms with van der Waals surface area (Å²) in [5.74, 6) is 0.812. The van der Waals surface area contributed by atoms with Gasteiger partial charge in [0.05, 0.1) is 37.8 Å². The molecule has 4 heterocycles. The van der Waals surface area contributed by atoms with Crippen LogP contribution in [0.1, 0.15) is 18.4 Å². The zero-order valence-corrected chi connectivity index (χ0v) is 22.5. The maximum absolute atomic E-state index is 12.9. The van der Waals surface area contributed by atoms with Crippen LogP contribution < -0.4 is 21.7 Å². The summed E-state index contributed by atoms with van der Waals surface area (Å²) < 4.78 is 8.47. The third-order valence-corrected chi connectivity index (χ3v) is 5.93. The predicted molar refractivity (Wildman–Crippen MR) is 147 cm³/mol. The molecule has 3 amide bonds. The van der Waals surface area contributed by atoms with Crippen LogP contribution in [-0.2, 0) is 28.0 Å². The SMILES string of the molecule is Cn1cc2c(nc(NC(=O)Nc3ccc(CC(=O)NCCOOCCCC[NH3+])cc3)n3nc(-c4ccco4)nc23)n1. The number of hydrogen-bond acceptors (Lipinski definition) is 9. The van der Waals surface area contributed by atoms with Crippen molar-refractivity contribution >= 4 is 40.3 Å². The van der Waals surface area contributed by atoms with E-state index in [2.05, 4.69) is 41.8 Å². The number of nitrogens with zero attached hydrogens (tertiary/aromatic N) is 6. The third-order valence-electron chi connectivity index (χ3n) is 5.93. The van der Waals surface area contributed by atoms with Crippen molar-refractivity contribution in [2.75, 3.05) is 36.9 Å². The average Bonchev–Trinajstić information content (AvgIpc) is 3.71. The number of benzene rings is 1. The molecule has 0 aliphatic carbocycles. The zero-order chi connectivity index (χ0) is 28.6. The van der Waals surface area contributed by atoms with Gasteiger partial charge in [0.1, 0.15) is 0 Å². The molecule has 0 saturated heterocycles. The van der Waals surface area contributed by atoms with Crippen LogP contribution in [0, 0.1) is 0 Å². The van der Waals surface area contributed by atoms with Gasteiger partial charge in [-0.25, -0.2) is 19.6 Å². The fourth-order valence-electron chi connectivity index (χ4n) is 4.00. The summed E-state index contributed by atoms with van der Waals surface area (Å²) in [5, 5.41) is 17.7. The number of carbonyl (C=O) groups is 2. The van der Waals surface area contributed by atoms with Gasteiger partial charge in [0.25, 0.3) is 0 Å². The number of nitrogens with one attached hydrogen (secondary N) is 3. The highest BCUT2D eigenvalue weighted by Crippen LogP contribution is 2.24. The summed E-state index contributed by atoms with van der Waals surface area (Å²) in [6.45, 7) is 1.98. The van der Waals surface area contributed by atoms with Crippen LogP contribution in [0.3, 0.4) is 0 Å². The lowest BCUT2D eigenvalue weighted by Gasteiger charge is -2.09. The molecule has 0 saturated carbocycles. The Hall–Kier alpha value is -4.86. The number of quaternary nitrogens is 1. The van der Waals surface area contributed by atoms with Crippen molar-refractivity contribution in [3.8, 4) is 11.6 Å². The first-order chi connectivity index (χ1) is 20.0. The number of fused-ring (bicyclic) bond motifs is 3. The van der Waals surface area contributed by atoms with E-state index in [0.717, 1.165) is 24.9 Å². The first kappa shape index (κ1) is 27.7. The molecule has 0 bridgehead atoms. The maximum atomic E-state index is 12.9. The molecule has 0 aliphatic rings. The highest BCUT2D eigenvalue weighted by atomic mass is 17.2. The number of hydrogen-bond donors (Lipinski definition) is 4. The summed E-state index contributed by atoms with van der Waals surface area (Å²) in [4.78, 5) is 44.2. The minimum Gasteiger partial charge on any atom is -0.461 e. The summed E-state index contributed by atoms with van der Waals surface area (Å²) in [7, 11) is 1.77. The fourth-order valence-corrected chi connectivity index (χ4v) is 4.00. The van der Waals surface area contributed by atoms with E-state index in [4.69, 9.17) is 14.2 Å². The van der Waals surface area contributed by atoms with Crippen molar-refractivity contribution in [2.24, 2.45) is 7.05 Å². The Balaban J connectivity index is 1.16. The molecule has 41 heavy (non-hydrogen) atoms. The van der Waals surface area contributed by atoms with E-state index < -0.39 is 6.03 Å². The molecule has 0 unspecified atom stereocenters. The van der Waals surface area contributed by atoms with Gasteiger partial charge in [-0.15, -0.1) is 5.10 Å². The molecule has 4 aromatic heterocycles. The second kappa shape index (κ2) is 13.0.